The molecule has 0 aliphatic heterocycles. The average Bonchev–Trinajstić information content (AvgIpc) is 3.02. The molecule has 1 unspecified atom stereocenters. The molecule has 0 saturated carbocycles. The predicted molar refractivity (Wildman–Crippen MR) is 183 cm³/mol. The van der Waals surface area contributed by atoms with Crippen LogP contribution in [0.1, 0.15) is 32.6 Å². The maximum Gasteiger partial charge on any atom is 0.306 e. The Kier molecular flexibility index (Phi) is 24.2. The molecule has 44 heavy (non-hydrogen) atoms. The molecule has 0 amide bonds. The van der Waals surface area contributed by atoms with Crippen molar-refractivity contribution in [2.75, 3.05) is 87.5 Å². The van der Waals surface area contributed by atoms with Crippen molar-refractivity contribution in [3.63, 3.8) is 0 Å². The monoisotopic (exact) mass is 714 g/mol. The van der Waals surface area contributed by atoms with E-state index in [-0.39, 0.29) is 62.5 Å². The van der Waals surface area contributed by atoms with Crippen LogP contribution < -0.4 is 0 Å². The van der Waals surface area contributed by atoms with E-state index in [1.165, 1.54) is 29.6 Å². The lowest BCUT2D eigenvalue weighted by Crippen LogP contribution is -2.39. The number of benzene rings is 1. The van der Waals surface area contributed by atoms with E-state index in [0.717, 1.165) is 18.1 Å². The molecule has 0 fully saturated rings. The van der Waals surface area contributed by atoms with Crippen molar-refractivity contribution in [2.24, 2.45) is 5.41 Å². The van der Waals surface area contributed by atoms with Crippen LogP contribution in [-0.2, 0) is 38.1 Å². The molecule has 0 radical (unpaired) electrons. The number of para-hydroxylation sites is 1. The number of aromatic hydroxyl groups is 2. The highest BCUT2D eigenvalue weighted by atomic mass is 33.1. The van der Waals surface area contributed by atoms with Crippen molar-refractivity contribution in [1.29, 1.82) is 0 Å². The van der Waals surface area contributed by atoms with Crippen LogP contribution in [0, 0.1) is 5.41 Å². The normalized spacial score (nSPS) is 12.4. The molecule has 0 saturated heterocycles. The number of carbonyl (C=O) groups is 3. The zero-order valence-electron chi connectivity index (χ0n) is 25.7. The second-order valence-electron chi connectivity index (χ2n) is 9.41. The Labute approximate surface area is 281 Å². The van der Waals surface area contributed by atoms with Gasteiger partial charge in [0.1, 0.15) is 19.8 Å². The summed E-state index contributed by atoms with van der Waals surface area (Å²) in [4.78, 5) is 37.7. The predicted octanol–water partition coefficient (Wildman–Crippen LogP) is 5.53. The molecule has 1 rings (SSSR count). The van der Waals surface area contributed by atoms with Gasteiger partial charge in [-0.15, -0.1) is 11.8 Å². The SMILES string of the molecule is CCC(COC(=O)CCSC)(COC(=O)CCSSCCOCCOCCSC)COC(=O)CCSc1cccc(O)c1O. The Balaban J connectivity index is 2.46. The van der Waals surface area contributed by atoms with Crippen LogP contribution in [-0.4, -0.2) is 116 Å². The third kappa shape index (κ3) is 19.4. The maximum absolute atomic E-state index is 12.5. The maximum atomic E-state index is 12.5. The van der Waals surface area contributed by atoms with Crippen LogP contribution in [0.4, 0.5) is 0 Å². The van der Waals surface area contributed by atoms with Gasteiger partial charge in [0.15, 0.2) is 11.5 Å². The topological polar surface area (TPSA) is 138 Å². The summed E-state index contributed by atoms with van der Waals surface area (Å²) in [5.41, 5.74) is -0.880. The smallest absolute Gasteiger partial charge is 0.306 e. The Morgan fingerprint density at radius 3 is 1.80 bits per heavy atom. The van der Waals surface area contributed by atoms with E-state index >= 15 is 0 Å². The lowest BCUT2D eigenvalue weighted by Gasteiger charge is -2.31. The fourth-order valence-corrected chi connectivity index (χ4v) is 6.60. The van der Waals surface area contributed by atoms with Gasteiger partial charge < -0.3 is 33.9 Å². The minimum absolute atomic E-state index is 0.0452. The van der Waals surface area contributed by atoms with Gasteiger partial charge in [-0.1, -0.05) is 34.6 Å². The summed E-state index contributed by atoms with van der Waals surface area (Å²) in [6.45, 7) is 4.17. The fourth-order valence-electron chi connectivity index (χ4n) is 3.21. The molecular formula is C29H46O10S5. The van der Waals surface area contributed by atoms with Crippen LogP contribution in [0.25, 0.3) is 0 Å². The highest BCUT2D eigenvalue weighted by Gasteiger charge is 2.34. The zero-order chi connectivity index (χ0) is 32.5. The number of ether oxygens (including phenoxy) is 5. The summed E-state index contributed by atoms with van der Waals surface area (Å²) in [5, 5.41) is 19.6. The first-order valence-electron chi connectivity index (χ1n) is 14.2. The van der Waals surface area contributed by atoms with Crippen molar-refractivity contribution < 1.29 is 48.3 Å². The third-order valence-electron chi connectivity index (χ3n) is 6.01. The van der Waals surface area contributed by atoms with Crippen LogP contribution in [0.3, 0.4) is 0 Å². The highest BCUT2D eigenvalue weighted by Crippen LogP contribution is 2.35. The van der Waals surface area contributed by atoms with Crippen molar-refractivity contribution in [2.45, 2.75) is 37.5 Å². The lowest BCUT2D eigenvalue weighted by molar-refractivity contribution is -0.161. The molecule has 0 spiro atoms. The largest absolute Gasteiger partial charge is 0.504 e. The summed E-state index contributed by atoms with van der Waals surface area (Å²) in [6, 6.07) is 4.62. The van der Waals surface area contributed by atoms with E-state index in [1.54, 1.807) is 45.5 Å². The first kappa shape index (κ1) is 40.9. The summed E-state index contributed by atoms with van der Waals surface area (Å²) in [7, 11) is 3.19. The molecule has 0 heterocycles. The Bertz CT molecular complexity index is 955. The number of hydrogen-bond donors (Lipinski definition) is 2. The van der Waals surface area contributed by atoms with Gasteiger partial charge >= 0.3 is 17.9 Å². The van der Waals surface area contributed by atoms with Gasteiger partial charge in [0.2, 0.25) is 0 Å². The van der Waals surface area contributed by atoms with E-state index in [4.69, 9.17) is 23.7 Å². The van der Waals surface area contributed by atoms with Crippen molar-refractivity contribution in [3.8, 4) is 11.5 Å². The van der Waals surface area contributed by atoms with Crippen molar-refractivity contribution >= 4 is 74.8 Å². The molecule has 252 valence electrons. The number of carbonyl (C=O) groups excluding carboxylic acids is 3. The molecule has 1 aromatic carbocycles. The van der Waals surface area contributed by atoms with E-state index in [1.807, 2.05) is 19.4 Å². The van der Waals surface area contributed by atoms with Crippen LogP contribution in [0.2, 0.25) is 0 Å². The average molecular weight is 715 g/mol. The van der Waals surface area contributed by atoms with Crippen LogP contribution >= 0.6 is 56.9 Å². The first-order valence-corrected chi connectivity index (χ1v) is 20.5. The number of thioether (sulfide) groups is 3. The molecule has 0 bridgehead atoms. The summed E-state index contributed by atoms with van der Waals surface area (Å²) >= 11 is 4.50. The standard InChI is InChI=1S/C29H46O10S5/c1-4-29(20-37-25(31)8-15-40-2,21-38-26(32)9-16-42-24-7-5-6-23(30)28(24)34)22-39-27(33)10-17-43-44-19-14-36-12-11-35-13-18-41-3/h5-7,30,34H,4,8-22H2,1-3H3. The van der Waals surface area contributed by atoms with Gasteiger partial charge in [0.25, 0.3) is 0 Å². The zero-order valence-corrected chi connectivity index (χ0v) is 29.8. The fraction of sp³-hybridized carbons (Fsp3) is 0.690. The molecule has 10 nitrogen and oxygen atoms in total. The second kappa shape index (κ2) is 26.0. The van der Waals surface area contributed by atoms with Gasteiger partial charge in [-0.05, 0) is 31.1 Å². The van der Waals surface area contributed by atoms with Gasteiger partial charge in [-0.3, -0.25) is 14.4 Å². The summed E-state index contributed by atoms with van der Waals surface area (Å²) in [5.74, 6) is 1.62. The minimum Gasteiger partial charge on any atom is -0.504 e. The molecule has 2 N–H and O–H groups in total. The molecule has 1 atom stereocenters. The molecular weight excluding hydrogens is 669 g/mol. The van der Waals surface area contributed by atoms with Crippen molar-refractivity contribution in [3.05, 3.63) is 18.2 Å². The van der Waals surface area contributed by atoms with Gasteiger partial charge in [-0.2, -0.15) is 23.5 Å². The molecule has 15 heteroatoms. The summed E-state index contributed by atoms with van der Waals surface area (Å²) in [6.07, 6.45) is 4.92. The number of esters is 3. The number of phenolic OH excluding ortho intramolecular Hbond substituents is 2. The quantitative estimate of drug-likeness (QED) is 0.0295. The minimum atomic E-state index is -0.880. The number of hydrogen-bond acceptors (Lipinski definition) is 15. The Morgan fingerprint density at radius 2 is 1.23 bits per heavy atom. The van der Waals surface area contributed by atoms with Gasteiger partial charge in [0.05, 0.1) is 56.0 Å². The highest BCUT2D eigenvalue weighted by molar-refractivity contribution is 8.76. The van der Waals surface area contributed by atoms with Crippen molar-refractivity contribution in [1.82, 2.24) is 0 Å². The van der Waals surface area contributed by atoms with E-state index in [2.05, 4.69) is 0 Å². The second-order valence-corrected chi connectivity index (χ2v) is 15.2. The van der Waals surface area contributed by atoms with Gasteiger partial charge in [0, 0.05) is 28.8 Å². The first-order chi connectivity index (χ1) is 21.3. The third-order valence-corrected chi connectivity index (χ3v) is 10.6. The molecule has 0 aliphatic rings. The van der Waals surface area contributed by atoms with Crippen LogP contribution in [0.5, 0.6) is 11.5 Å². The number of rotatable bonds is 27. The van der Waals surface area contributed by atoms with E-state index in [9.17, 15) is 24.6 Å². The molecule has 0 aliphatic carbocycles. The Morgan fingerprint density at radius 1 is 0.705 bits per heavy atom. The van der Waals surface area contributed by atoms with E-state index in [0.29, 0.717) is 48.4 Å². The van der Waals surface area contributed by atoms with Gasteiger partial charge in [-0.25, -0.2) is 0 Å². The number of phenols is 2. The Hall–Kier alpha value is -1.10. The lowest BCUT2D eigenvalue weighted by atomic mass is 9.88. The molecule has 0 aromatic heterocycles. The van der Waals surface area contributed by atoms with Crippen LogP contribution in [0.15, 0.2) is 23.1 Å². The van der Waals surface area contributed by atoms with E-state index < -0.39 is 11.4 Å². The molecule has 1 aromatic rings. The summed E-state index contributed by atoms with van der Waals surface area (Å²) < 4.78 is 27.5.